The van der Waals surface area contributed by atoms with Crippen molar-refractivity contribution in [2.75, 3.05) is 14.2 Å². The van der Waals surface area contributed by atoms with Gasteiger partial charge in [0.15, 0.2) is 5.41 Å². The van der Waals surface area contributed by atoms with Crippen LogP contribution in [0.5, 0.6) is 0 Å². The number of carbonyl (C=O) groups excluding carboxylic acids is 2. The first-order valence-corrected chi connectivity index (χ1v) is 12.8. The molecule has 0 radical (unpaired) electrons. The van der Waals surface area contributed by atoms with Crippen molar-refractivity contribution in [1.82, 2.24) is 0 Å². The van der Waals surface area contributed by atoms with Crippen molar-refractivity contribution < 1.29 is 19.1 Å². The number of methoxy groups -OCH3 is 2. The zero-order valence-electron chi connectivity index (χ0n) is 18.4. The molecule has 4 nitrogen and oxygen atoms in total. The van der Waals surface area contributed by atoms with E-state index < -0.39 is 25.4 Å². The average Bonchev–Trinajstić information content (AvgIpc) is 3.16. The standard InChI is InChI=1S/C25H30O4Si/c1-18-16-25(23(26)28-3,24(27)29-4)17-22(18)19(2)30(5,20-12-8-6-9-13-20)21-14-10-7-11-15-21/h6-15,18H,16-17H2,1-5H3/b22-19-. The highest BCUT2D eigenvalue weighted by molar-refractivity contribution is 7.06. The minimum atomic E-state index is -2.29. The Labute approximate surface area is 179 Å². The number of hydrogen-bond acceptors (Lipinski definition) is 4. The third-order valence-corrected chi connectivity index (χ3v) is 11.6. The number of rotatable bonds is 5. The zero-order valence-corrected chi connectivity index (χ0v) is 19.4. The molecule has 0 amide bonds. The molecular formula is C25H30O4Si. The van der Waals surface area contributed by atoms with Crippen molar-refractivity contribution >= 4 is 30.4 Å². The molecule has 1 aliphatic rings. The molecule has 0 N–H and O–H groups in total. The molecule has 0 spiro atoms. The zero-order chi connectivity index (χ0) is 21.9. The highest BCUT2D eigenvalue weighted by atomic mass is 28.3. The number of ether oxygens (including phenoxy) is 2. The normalized spacial score (nSPS) is 19.8. The number of allylic oxidation sites excluding steroid dienone is 2. The fourth-order valence-electron chi connectivity index (χ4n) is 4.97. The second kappa shape index (κ2) is 8.60. The van der Waals surface area contributed by atoms with E-state index in [1.54, 1.807) is 0 Å². The summed E-state index contributed by atoms with van der Waals surface area (Å²) in [4.78, 5) is 25.4. The largest absolute Gasteiger partial charge is 0.468 e. The average molecular weight is 423 g/mol. The first-order valence-electron chi connectivity index (χ1n) is 10.3. The molecule has 5 heteroatoms. The second-order valence-corrected chi connectivity index (χ2v) is 12.5. The van der Waals surface area contributed by atoms with Crippen molar-refractivity contribution in [2.24, 2.45) is 11.3 Å². The van der Waals surface area contributed by atoms with Crippen LogP contribution in [0.4, 0.5) is 0 Å². The molecule has 2 aromatic rings. The van der Waals surface area contributed by atoms with E-state index in [0.29, 0.717) is 12.8 Å². The molecule has 0 bridgehead atoms. The third kappa shape index (κ3) is 3.52. The molecule has 1 aliphatic carbocycles. The van der Waals surface area contributed by atoms with Crippen LogP contribution in [0, 0.1) is 11.3 Å². The molecule has 1 atom stereocenters. The molecule has 0 heterocycles. The number of benzene rings is 2. The molecular weight excluding hydrogens is 392 g/mol. The summed E-state index contributed by atoms with van der Waals surface area (Å²) in [5, 5.41) is 3.91. The van der Waals surface area contributed by atoms with Gasteiger partial charge < -0.3 is 9.47 Å². The Morgan fingerprint density at radius 2 is 1.33 bits per heavy atom. The summed E-state index contributed by atoms with van der Waals surface area (Å²) in [7, 11) is 0.376. The molecule has 2 aromatic carbocycles. The summed E-state index contributed by atoms with van der Waals surface area (Å²) in [6.45, 7) is 6.63. The quantitative estimate of drug-likeness (QED) is 0.420. The minimum absolute atomic E-state index is 0.0856. The van der Waals surface area contributed by atoms with Crippen molar-refractivity contribution in [3.8, 4) is 0 Å². The van der Waals surface area contributed by atoms with Crippen LogP contribution in [-0.4, -0.2) is 34.2 Å². The Balaban J connectivity index is 2.20. The van der Waals surface area contributed by atoms with E-state index in [-0.39, 0.29) is 5.92 Å². The summed E-state index contributed by atoms with van der Waals surface area (Å²) in [6.07, 6.45) is 0.759. The SMILES string of the molecule is COC(=O)C1(C(=O)OC)C/C(=C(\C)[Si](C)(c2ccccc2)c2ccccc2)C(C)C1. The van der Waals surface area contributed by atoms with E-state index in [1.807, 2.05) is 12.1 Å². The van der Waals surface area contributed by atoms with E-state index in [9.17, 15) is 9.59 Å². The first kappa shape index (κ1) is 22.0. The molecule has 1 fully saturated rings. The Morgan fingerprint density at radius 1 is 0.900 bits per heavy atom. The maximum absolute atomic E-state index is 12.7. The van der Waals surface area contributed by atoms with E-state index >= 15 is 0 Å². The maximum Gasteiger partial charge on any atom is 0.323 e. The molecule has 3 rings (SSSR count). The number of hydrogen-bond donors (Lipinski definition) is 0. The Hall–Kier alpha value is -2.66. The van der Waals surface area contributed by atoms with Gasteiger partial charge in [-0.3, -0.25) is 9.59 Å². The van der Waals surface area contributed by atoms with E-state index in [0.717, 1.165) is 0 Å². The Morgan fingerprint density at radius 3 is 1.73 bits per heavy atom. The van der Waals surface area contributed by atoms with Gasteiger partial charge in [0.1, 0.15) is 8.07 Å². The van der Waals surface area contributed by atoms with Crippen LogP contribution in [0.15, 0.2) is 71.4 Å². The van der Waals surface area contributed by atoms with E-state index in [1.165, 1.54) is 35.4 Å². The lowest BCUT2D eigenvalue weighted by atomic mass is 9.85. The summed E-state index contributed by atoms with van der Waals surface area (Å²) in [5.41, 5.74) is -0.0879. The van der Waals surface area contributed by atoms with Gasteiger partial charge >= 0.3 is 11.9 Å². The lowest BCUT2D eigenvalue weighted by molar-refractivity contribution is -0.168. The molecule has 0 saturated heterocycles. The van der Waals surface area contributed by atoms with Crippen molar-refractivity contribution in [3.05, 3.63) is 71.4 Å². The highest BCUT2D eigenvalue weighted by Crippen LogP contribution is 2.49. The molecule has 1 saturated carbocycles. The highest BCUT2D eigenvalue weighted by Gasteiger charge is 2.55. The lowest BCUT2D eigenvalue weighted by Crippen LogP contribution is -2.57. The number of esters is 2. The maximum atomic E-state index is 12.7. The predicted molar refractivity (Wildman–Crippen MR) is 121 cm³/mol. The molecule has 30 heavy (non-hydrogen) atoms. The van der Waals surface area contributed by atoms with Crippen molar-refractivity contribution in [1.29, 1.82) is 0 Å². The minimum Gasteiger partial charge on any atom is -0.468 e. The van der Waals surface area contributed by atoms with Crippen LogP contribution >= 0.6 is 0 Å². The Bertz CT molecular complexity index is 894. The van der Waals surface area contributed by atoms with Gasteiger partial charge in [0.2, 0.25) is 0 Å². The van der Waals surface area contributed by atoms with Crippen LogP contribution in [0.25, 0.3) is 0 Å². The van der Waals surface area contributed by atoms with Gasteiger partial charge in [0.25, 0.3) is 0 Å². The molecule has 0 aromatic heterocycles. The van der Waals surface area contributed by atoms with Gasteiger partial charge in [0.05, 0.1) is 14.2 Å². The van der Waals surface area contributed by atoms with Crippen LogP contribution in [0.2, 0.25) is 6.55 Å². The van der Waals surface area contributed by atoms with Crippen LogP contribution < -0.4 is 10.4 Å². The van der Waals surface area contributed by atoms with Crippen molar-refractivity contribution in [2.45, 2.75) is 33.2 Å². The summed E-state index contributed by atoms with van der Waals surface area (Å²) < 4.78 is 10.1. The third-order valence-electron chi connectivity index (χ3n) is 6.83. The molecule has 1 unspecified atom stereocenters. The summed E-state index contributed by atoms with van der Waals surface area (Å²) in [6, 6.07) is 21.1. The van der Waals surface area contributed by atoms with Gasteiger partial charge in [-0.25, -0.2) is 0 Å². The first-order chi connectivity index (χ1) is 14.3. The molecule has 0 aliphatic heterocycles. The summed E-state index contributed by atoms with van der Waals surface area (Å²) in [5.74, 6) is -0.930. The molecule has 158 valence electrons. The summed E-state index contributed by atoms with van der Waals surface area (Å²) >= 11 is 0. The van der Waals surface area contributed by atoms with Gasteiger partial charge in [0, 0.05) is 0 Å². The van der Waals surface area contributed by atoms with Gasteiger partial charge in [-0.1, -0.05) is 84.9 Å². The van der Waals surface area contributed by atoms with Gasteiger partial charge in [-0.15, -0.1) is 0 Å². The van der Waals surface area contributed by atoms with Crippen molar-refractivity contribution in [3.63, 3.8) is 0 Å². The van der Waals surface area contributed by atoms with Gasteiger partial charge in [-0.2, -0.15) is 0 Å². The second-order valence-electron chi connectivity index (χ2n) is 8.35. The van der Waals surface area contributed by atoms with Crippen LogP contribution in [0.1, 0.15) is 26.7 Å². The van der Waals surface area contributed by atoms with Gasteiger partial charge in [-0.05, 0) is 36.1 Å². The van der Waals surface area contributed by atoms with Crippen LogP contribution in [0.3, 0.4) is 0 Å². The van der Waals surface area contributed by atoms with E-state index in [2.05, 4.69) is 68.9 Å². The van der Waals surface area contributed by atoms with Crippen LogP contribution in [-0.2, 0) is 19.1 Å². The fourth-order valence-corrected chi connectivity index (χ4v) is 8.86. The number of carbonyl (C=O) groups is 2. The Kier molecular flexibility index (Phi) is 6.32. The predicted octanol–water partition coefficient (Wildman–Crippen LogP) is 3.50. The van der Waals surface area contributed by atoms with E-state index in [4.69, 9.17) is 9.47 Å². The monoisotopic (exact) mass is 422 g/mol. The smallest absolute Gasteiger partial charge is 0.323 e. The topological polar surface area (TPSA) is 52.6 Å². The fraction of sp³-hybridized carbons (Fsp3) is 0.360. The lowest BCUT2D eigenvalue weighted by Gasteiger charge is -2.32.